The molecular weight excluding hydrogens is 434 g/mol. The van der Waals surface area contributed by atoms with Gasteiger partial charge in [-0.1, -0.05) is 44.2 Å². The number of esters is 1. The van der Waals surface area contributed by atoms with Crippen molar-refractivity contribution in [3.8, 4) is 0 Å². The zero-order chi connectivity index (χ0) is 24.9. The van der Waals surface area contributed by atoms with Gasteiger partial charge in [-0.05, 0) is 70.3 Å². The third kappa shape index (κ3) is 5.99. The molecule has 7 atom stereocenters. The Morgan fingerprint density at radius 2 is 1.88 bits per heavy atom. The Balaban J connectivity index is 1.68. The van der Waals surface area contributed by atoms with Gasteiger partial charge >= 0.3 is 5.97 Å². The van der Waals surface area contributed by atoms with E-state index in [-0.39, 0.29) is 18.1 Å². The summed E-state index contributed by atoms with van der Waals surface area (Å²) in [6.07, 6.45) is 2.73. The summed E-state index contributed by atoms with van der Waals surface area (Å²) in [5.74, 6) is -3.33. The van der Waals surface area contributed by atoms with E-state index in [0.29, 0.717) is 19.4 Å². The number of hydrogen-bond acceptors (Lipinski definition) is 6. The molecule has 34 heavy (non-hydrogen) atoms. The van der Waals surface area contributed by atoms with Gasteiger partial charge in [0, 0.05) is 12.5 Å². The van der Waals surface area contributed by atoms with Gasteiger partial charge in [0.05, 0.1) is 6.10 Å². The minimum atomic E-state index is -1.96. The van der Waals surface area contributed by atoms with E-state index in [2.05, 4.69) is 19.1 Å². The number of nitrogens with zero attached hydrogens (tertiary/aromatic N) is 1. The monoisotopic (exact) mass is 475 g/mol. The lowest BCUT2D eigenvalue weighted by molar-refractivity contribution is -0.312. The van der Waals surface area contributed by atoms with Gasteiger partial charge in [0.25, 0.3) is 5.91 Å². The topological polar surface area (TPSA) is 96.3 Å². The summed E-state index contributed by atoms with van der Waals surface area (Å²) >= 11 is 0. The number of aliphatic hydroxyl groups is 2. The first-order chi connectivity index (χ1) is 16.2. The van der Waals surface area contributed by atoms with Crippen molar-refractivity contribution in [3.63, 3.8) is 0 Å². The summed E-state index contributed by atoms with van der Waals surface area (Å²) < 4.78 is 11.5. The van der Waals surface area contributed by atoms with E-state index >= 15 is 0 Å². The van der Waals surface area contributed by atoms with Crippen LogP contribution in [0, 0.1) is 11.8 Å². The minimum Gasteiger partial charge on any atom is -0.461 e. The van der Waals surface area contributed by atoms with E-state index in [9.17, 15) is 19.8 Å². The summed E-state index contributed by atoms with van der Waals surface area (Å²) in [6.45, 7) is 7.91. The Morgan fingerprint density at radius 3 is 2.56 bits per heavy atom. The molecule has 0 radical (unpaired) electrons. The summed E-state index contributed by atoms with van der Waals surface area (Å²) in [6, 6.07) is 9.35. The molecule has 0 spiro atoms. The number of carbonyl (C=O) groups excluding carboxylic acids is 2. The van der Waals surface area contributed by atoms with Crippen LogP contribution in [0.15, 0.2) is 30.3 Å². The molecule has 7 heteroatoms. The van der Waals surface area contributed by atoms with Crippen molar-refractivity contribution in [3.05, 3.63) is 35.9 Å². The van der Waals surface area contributed by atoms with Gasteiger partial charge in [0.2, 0.25) is 5.79 Å². The highest BCUT2D eigenvalue weighted by Crippen LogP contribution is 2.36. The Morgan fingerprint density at radius 1 is 1.18 bits per heavy atom. The maximum Gasteiger partial charge on any atom is 0.329 e. The number of benzene rings is 1. The van der Waals surface area contributed by atoms with Crippen molar-refractivity contribution in [2.75, 3.05) is 6.54 Å². The molecule has 2 saturated heterocycles. The van der Waals surface area contributed by atoms with Crippen LogP contribution in [0.25, 0.3) is 0 Å². The van der Waals surface area contributed by atoms with Gasteiger partial charge in [0.1, 0.15) is 12.1 Å². The van der Waals surface area contributed by atoms with E-state index in [1.807, 2.05) is 32.0 Å². The van der Waals surface area contributed by atoms with Crippen LogP contribution in [0.5, 0.6) is 0 Å². The fraction of sp³-hybridized carbons (Fsp3) is 0.704. The van der Waals surface area contributed by atoms with Crippen LogP contribution in [0.4, 0.5) is 0 Å². The number of hydrogen-bond donors (Lipinski definition) is 2. The van der Waals surface area contributed by atoms with Crippen LogP contribution in [0.1, 0.15) is 71.8 Å². The van der Waals surface area contributed by atoms with Crippen molar-refractivity contribution in [1.29, 1.82) is 0 Å². The van der Waals surface area contributed by atoms with Gasteiger partial charge in [0.15, 0.2) is 6.10 Å². The van der Waals surface area contributed by atoms with Crippen LogP contribution < -0.4 is 0 Å². The van der Waals surface area contributed by atoms with Crippen LogP contribution in [-0.4, -0.2) is 63.7 Å². The molecule has 0 aliphatic carbocycles. The molecule has 3 rings (SSSR count). The fourth-order valence-corrected chi connectivity index (χ4v) is 5.21. The molecule has 2 unspecified atom stereocenters. The molecule has 0 aromatic heterocycles. The summed E-state index contributed by atoms with van der Waals surface area (Å²) in [4.78, 5) is 27.9. The molecule has 0 bridgehead atoms. The second kappa shape index (κ2) is 11.6. The lowest BCUT2D eigenvalue weighted by Crippen LogP contribution is -2.62. The zero-order valence-corrected chi connectivity index (χ0v) is 21.0. The van der Waals surface area contributed by atoms with Gasteiger partial charge in [-0.3, -0.25) is 4.79 Å². The molecule has 2 aliphatic heterocycles. The van der Waals surface area contributed by atoms with Gasteiger partial charge in [-0.2, -0.15) is 0 Å². The maximum absolute atomic E-state index is 13.3. The van der Waals surface area contributed by atoms with E-state index < -0.39 is 35.7 Å². The summed E-state index contributed by atoms with van der Waals surface area (Å²) in [7, 11) is 0. The van der Waals surface area contributed by atoms with Crippen LogP contribution in [-0.2, 0) is 25.5 Å². The van der Waals surface area contributed by atoms with Crippen molar-refractivity contribution in [2.24, 2.45) is 11.8 Å². The fourth-order valence-electron chi connectivity index (χ4n) is 5.21. The molecule has 1 aromatic carbocycles. The van der Waals surface area contributed by atoms with E-state index in [4.69, 9.17) is 9.47 Å². The number of likely N-dealkylation sites (tertiary alicyclic amines) is 1. The third-order valence-electron chi connectivity index (χ3n) is 7.62. The number of piperidine rings is 1. The van der Waals surface area contributed by atoms with E-state index in [1.165, 1.54) is 10.5 Å². The van der Waals surface area contributed by atoms with Crippen LogP contribution >= 0.6 is 0 Å². The predicted molar refractivity (Wildman–Crippen MR) is 129 cm³/mol. The Kier molecular flexibility index (Phi) is 9.13. The van der Waals surface area contributed by atoms with Gasteiger partial charge in [-0.25, -0.2) is 4.79 Å². The van der Waals surface area contributed by atoms with Crippen molar-refractivity contribution < 1.29 is 29.3 Å². The second-order valence-corrected chi connectivity index (χ2v) is 10.1. The van der Waals surface area contributed by atoms with E-state index in [1.54, 1.807) is 6.92 Å². The molecule has 2 N–H and O–H groups in total. The average Bonchev–Trinajstić information content (AvgIpc) is 2.84. The molecule has 190 valence electrons. The molecule has 1 aromatic rings. The molecule has 2 fully saturated rings. The predicted octanol–water partition coefficient (Wildman–Crippen LogP) is 3.45. The molecule has 0 saturated carbocycles. The highest BCUT2D eigenvalue weighted by atomic mass is 16.6. The number of carbonyl (C=O) groups is 2. The van der Waals surface area contributed by atoms with E-state index in [0.717, 1.165) is 32.1 Å². The highest BCUT2D eigenvalue weighted by molar-refractivity contribution is 5.88. The smallest absolute Gasteiger partial charge is 0.329 e. The summed E-state index contributed by atoms with van der Waals surface area (Å²) in [5.41, 5.74) is 1.19. The van der Waals surface area contributed by atoms with Gasteiger partial charge < -0.3 is 24.6 Å². The first-order valence-electron chi connectivity index (χ1n) is 12.8. The maximum atomic E-state index is 13.3. The molecule has 2 aliphatic rings. The van der Waals surface area contributed by atoms with Crippen LogP contribution in [0.3, 0.4) is 0 Å². The largest absolute Gasteiger partial charge is 0.461 e. The van der Waals surface area contributed by atoms with Crippen LogP contribution in [0.2, 0.25) is 0 Å². The molecule has 1 amide bonds. The quantitative estimate of drug-likeness (QED) is 0.559. The lowest BCUT2D eigenvalue weighted by Gasteiger charge is -2.45. The lowest BCUT2D eigenvalue weighted by atomic mass is 9.86. The third-order valence-corrected chi connectivity index (χ3v) is 7.62. The average molecular weight is 476 g/mol. The van der Waals surface area contributed by atoms with Gasteiger partial charge in [-0.15, -0.1) is 0 Å². The van der Waals surface area contributed by atoms with Crippen molar-refractivity contribution in [1.82, 2.24) is 4.90 Å². The molecule has 7 nitrogen and oxygen atoms in total. The summed E-state index contributed by atoms with van der Waals surface area (Å²) in [5, 5.41) is 22.0. The molecular formula is C27H41NO6. The normalized spacial score (nSPS) is 30.3. The zero-order valence-electron chi connectivity index (χ0n) is 21.0. The number of aliphatic hydroxyl groups excluding tert-OH is 1. The number of amides is 1. The van der Waals surface area contributed by atoms with Crippen molar-refractivity contribution >= 4 is 11.9 Å². The molecule has 2 heterocycles. The Bertz CT molecular complexity index is 817. The first-order valence-corrected chi connectivity index (χ1v) is 12.8. The highest BCUT2D eigenvalue weighted by Gasteiger charge is 2.52. The second-order valence-electron chi connectivity index (χ2n) is 10.1. The van der Waals surface area contributed by atoms with Crippen molar-refractivity contribution in [2.45, 2.75) is 103 Å². The Labute approximate surface area is 203 Å². The Hall–Kier alpha value is -1.96. The standard InChI is InChI=1S/C27H41NO6/c1-5-22(17-21-11-7-6-8-12-21)20(4)33-26(31)23-13-9-10-16-28(23)25(30)24(29)27(32)18(2)14-15-19(3)34-27/h6-8,11-12,18-20,22-24,29,32H,5,9-10,13-17H2,1-4H3/t18-,19?,20+,22-,23+,24?,27-/m1/s1. The number of ether oxygens (including phenoxy) is 2. The first kappa shape index (κ1) is 26.6. The SMILES string of the molecule is CC[C@H](Cc1ccccc1)[C@H](C)OC(=O)[C@@H]1CCCCN1C(=O)C(O)[C@]1(O)OC(C)CC[C@H]1C. The number of rotatable bonds is 8. The minimum absolute atomic E-state index is 0.156.